The van der Waals surface area contributed by atoms with Crippen LogP contribution < -0.4 is 10.4 Å². The van der Waals surface area contributed by atoms with E-state index in [9.17, 15) is 0 Å². The van der Waals surface area contributed by atoms with Crippen LogP contribution in [0.15, 0.2) is 60.7 Å². The highest BCUT2D eigenvalue weighted by Crippen LogP contribution is 2.24. The number of hydrogen-bond donors (Lipinski definition) is 0. The Morgan fingerprint density at radius 1 is 0.516 bits per heavy atom. The van der Waals surface area contributed by atoms with Gasteiger partial charge in [-0.15, -0.1) is 0 Å². The first-order valence-electron chi connectivity index (χ1n) is 10.9. The highest BCUT2D eigenvalue weighted by molar-refractivity contribution is 7.00. The molecule has 2 aromatic carbocycles. The van der Waals surface area contributed by atoms with Crippen LogP contribution >= 0.6 is 0 Å². The van der Waals surface area contributed by atoms with Crippen LogP contribution in [0.3, 0.4) is 0 Å². The van der Waals surface area contributed by atoms with Crippen molar-refractivity contribution in [2.24, 2.45) is 0 Å². The molecule has 2 aromatic rings. The van der Waals surface area contributed by atoms with Crippen LogP contribution in [0.5, 0.6) is 0 Å². The van der Waals surface area contributed by atoms with Crippen LogP contribution in [0, 0.1) is 0 Å². The maximum absolute atomic E-state index is 6.95. The summed E-state index contributed by atoms with van der Waals surface area (Å²) < 4.78 is 38.2. The van der Waals surface area contributed by atoms with Crippen molar-refractivity contribution in [1.82, 2.24) is 0 Å². The van der Waals surface area contributed by atoms with Gasteiger partial charge >= 0.3 is 26.2 Å². The van der Waals surface area contributed by atoms with Crippen LogP contribution in [-0.4, -0.2) is 52.6 Å². The Balaban J connectivity index is 2.72. The Hall–Kier alpha value is -1.15. The molecule has 0 aromatic heterocycles. The topological polar surface area (TPSA) is 55.4 Å². The summed E-state index contributed by atoms with van der Waals surface area (Å²) in [6, 6.07) is 20.1. The minimum Gasteiger partial charge on any atom is -0.387 e. The summed E-state index contributed by atoms with van der Waals surface area (Å²) in [5.41, 5.74) is 0. The van der Waals surface area contributed by atoms with Gasteiger partial charge in [0, 0.05) is 39.5 Å². The molecule has 0 saturated carbocycles. The van der Waals surface area contributed by atoms with Gasteiger partial charge in [0.2, 0.25) is 0 Å². The van der Waals surface area contributed by atoms with Gasteiger partial charge in [0.15, 0.2) is 0 Å². The van der Waals surface area contributed by atoms with Crippen molar-refractivity contribution in [1.29, 1.82) is 0 Å². The fourth-order valence-electron chi connectivity index (χ4n) is 3.51. The molecule has 0 fully saturated rings. The van der Waals surface area contributed by atoms with E-state index in [0.29, 0.717) is 26.4 Å². The second-order valence-electron chi connectivity index (χ2n) is 7.01. The summed E-state index contributed by atoms with van der Waals surface area (Å²) in [6.07, 6.45) is 0. The molecule has 0 radical (unpaired) electrons. The predicted molar refractivity (Wildman–Crippen MR) is 130 cm³/mol. The van der Waals surface area contributed by atoms with E-state index in [1.165, 1.54) is 0 Å². The van der Waals surface area contributed by atoms with E-state index in [-0.39, 0.29) is 0 Å². The fourth-order valence-corrected chi connectivity index (χ4v) is 14.9. The molecule has 0 amide bonds. The molecular weight excluding hydrogens is 444 g/mol. The Morgan fingerprint density at radius 3 is 1.06 bits per heavy atom. The van der Waals surface area contributed by atoms with Crippen molar-refractivity contribution in [3.63, 3.8) is 0 Å². The first-order chi connectivity index (χ1) is 14.9. The lowest BCUT2D eigenvalue weighted by Gasteiger charge is -2.42. The lowest BCUT2D eigenvalue weighted by atomic mass is 10.4. The van der Waals surface area contributed by atoms with Gasteiger partial charge < -0.3 is 25.9 Å². The Kier molecular flexibility index (Phi) is 10.3. The van der Waals surface area contributed by atoms with Gasteiger partial charge in [0.25, 0.3) is 0 Å². The minimum atomic E-state index is -3.34. The molecule has 0 saturated heterocycles. The predicted octanol–water partition coefficient (Wildman–Crippen LogP) is 3.56. The SMILES string of the molecule is CCO[Si](C)(OCC)O[Si](O[Si](C)(OCC)OCC)(c1ccccc1)c1ccccc1. The molecule has 0 spiro atoms. The van der Waals surface area contributed by atoms with Gasteiger partial charge in [0.1, 0.15) is 0 Å². The van der Waals surface area contributed by atoms with E-state index in [4.69, 9.17) is 25.9 Å². The highest BCUT2D eigenvalue weighted by atomic mass is 28.5. The second-order valence-corrected chi connectivity index (χ2v) is 15.6. The fraction of sp³-hybridized carbons (Fsp3) is 0.455. The van der Waals surface area contributed by atoms with Crippen molar-refractivity contribution in [2.75, 3.05) is 26.4 Å². The summed E-state index contributed by atoms with van der Waals surface area (Å²) in [5, 5.41) is 1.91. The van der Waals surface area contributed by atoms with Crippen molar-refractivity contribution < 1.29 is 25.9 Å². The van der Waals surface area contributed by atoms with E-state index in [2.05, 4.69) is 0 Å². The molecule has 0 aliphatic heterocycles. The third-order valence-corrected chi connectivity index (χ3v) is 15.3. The smallest absolute Gasteiger partial charge is 0.387 e. The van der Waals surface area contributed by atoms with Gasteiger partial charge in [-0.2, -0.15) is 0 Å². The molecule has 0 aliphatic carbocycles. The van der Waals surface area contributed by atoms with E-state index >= 15 is 0 Å². The molecule has 0 bridgehead atoms. The van der Waals surface area contributed by atoms with Gasteiger partial charge in [0.05, 0.1) is 0 Å². The molecule has 0 heterocycles. The van der Waals surface area contributed by atoms with Crippen LogP contribution in [0.25, 0.3) is 0 Å². The average Bonchev–Trinajstić information content (AvgIpc) is 2.75. The van der Waals surface area contributed by atoms with Crippen molar-refractivity contribution in [3.05, 3.63) is 60.7 Å². The van der Waals surface area contributed by atoms with E-state index in [1.54, 1.807) is 0 Å². The molecule has 9 heteroatoms. The summed E-state index contributed by atoms with van der Waals surface area (Å²) >= 11 is 0. The van der Waals surface area contributed by atoms with Gasteiger partial charge in [-0.3, -0.25) is 0 Å². The molecule has 0 N–H and O–H groups in total. The zero-order valence-electron chi connectivity index (χ0n) is 19.6. The molecule has 31 heavy (non-hydrogen) atoms. The highest BCUT2D eigenvalue weighted by Gasteiger charge is 2.56. The number of hydrogen-bond acceptors (Lipinski definition) is 6. The summed E-state index contributed by atoms with van der Waals surface area (Å²) in [4.78, 5) is 0. The van der Waals surface area contributed by atoms with E-state index < -0.39 is 26.2 Å². The quantitative estimate of drug-likeness (QED) is 0.385. The zero-order chi connectivity index (χ0) is 22.8. The molecule has 2 rings (SSSR count). The van der Waals surface area contributed by atoms with Crippen LogP contribution in [0.2, 0.25) is 13.1 Å². The molecule has 172 valence electrons. The van der Waals surface area contributed by atoms with Gasteiger partial charge in [-0.1, -0.05) is 60.7 Å². The van der Waals surface area contributed by atoms with Crippen molar-refractivity contribution >= 4 is 36.5 Å². The van der Waals surface area contributed by atoms with Crippen LogP contribution in [0.4, 0.5) is 0 Å². The second kappa shape index (κ2) is 12.2. The Bertz CT molecular complexity index is 685. The summed E-state index contributed by atoms with van der Waals surface area (Å²) in [6.45, 7) is 13.6. The average molecular weight is 481 g/mol. The standard InChI is InChI=1S/C22H36O6Si3/c1-7-23-29(5,24-8-2)27-31(21-17-13-11-14-18-21,22-19-15-12-16-20-22)28-30(6,25-9-3)26-10-4/h11-20H,7-10H2,1-6H3. The third-order valence-electron chi connectivity index (χ3n) is 4.59. The Labute approximate surface area is 190 Å². The maximum atomic E-state index is 6.95. The van der Waals surface area contributed by atoms with Crippen LogP contribution in [0.1, 0.15) is 27.7 Å². The first kappa shape index (κ1) is 26.1. The lowest BCUT2D eigenvalue weighted by molar-refractivity contribution is 0.0915. The first-order valence-corrected chi connectivity index (χ1v) is 17.2. The van der Waals surface area contributed by atoms with E-state index in [1.807, 2.05) is 101 Å². The lowest BCUT2D eigenvalue weighted by Crippen LogP contribution is -2.72. The van der Waals surface area contributed by atoms with Crippen LogP contribution in [-0.2, 0) is 25.9 Å². The zero-order valence-corrected chi connectivity index (χ0v) is 22.6. The maximum Gasteiger partial charge on any atom is 0.489 e. The summed E-state index contributed by atoms with van der Waals surface area (Å²) in [7, 11) is -9.44. The van der Waals surface area contributed by atoms with Crippen molar-refractivity contribution in [2.45, 2.75) is 40.8 Å². The van der Waals surface area contributed by atoms with Crippen molar-refractivity contribution in [3.8, 4) is 0 Å². The molecule has 0 aliphatic rings. The monoisotopic (exact) mass is 480 g/mol. The molecular formula is C22H36O6Si3. The number of rotatable bonds is 14. The largest absolute Gasteiger partial charge is 0.489 e. The van der Waals surface area contributed by atoms with Gasteiger partial charge in [-0.05, 0) is 38.1 Å². The third kappa shape index (κ3) is 6.91. The minimum absolute atomic E-state index is 0.488. The number of benzene rings is 2. The Morgan fingerprint density at radius 2 is 0.806 bits per heavy atom. The summed E-state index contributed by atoms with van der Waals surface area (Å²) in [5.74, 6) is 0. The molecule has 6 nitrogen and oxygen atoms in total. The molecule has 0 atom stereocenters. The molecule has 0 unspecified atom stereocenters. The van der Waals surface area contributed by atoms with E-state index in [0.717, 1.165) is 10.4 Å². The van der Waals surface area contributed by atoms with Gasteiger partial charge in [-0.25, -0.2) is 0 Å². The normalized spacial score (nSPS) is 12.8.